The maximum Gasteiger partial charge on any atom is 0.262 e. The number of hydrogen-bond acceptors (Lipinski definition) is 9. The molecule has 5 heterocycles. The molecule has 2 N–H and O–H groups in total. The number of nitrogens with zero attached hydrogens (tertiary/aromatic N) is 6. The Bertz CT molecular complexity index is 1640. The van der Waals surface area contributed by atoms with E-state index in [4.69, 9.17) is 4.98 Å². The second-order valence-corrected chi connectivity index (χ2v) is 12.6. The molecule has 1 saturated carbocycles. The van der Waals surface area contributed by atoms with Crippen molar-refractivity contribution >= 4 is 35.1 Å². The van der Waals surface area contributed by atoms with Gasteiger partial charge in [-0.3, -0.25) is 34.1 Å². The molecule has 0 bridgehead atoms. The highest BCUT2D eigenvalue weighted by Crippen LogP contribution is 2.40. The predicted octanol–water partition coefficient (Wildman–Crippen LogP) is 2.94. The van der Waals surface area contributed by atoms with E-state index in [1.54, 1.807) is 18.2 Å². The smallest absolute Gasteiger partial charge is 0.262 e. The van der Waals surface area contributed by atoms with Gasteiger partial charge in [-0.15, -0.1) is 0 Å². The molecule has 2 aromatic heterocycles. The van der Waals surface area contributed by atoms with Gasteiger partial charge in [0.25, 0.3) is 11.8 Å². The molecule has 234 valence electrons. The molecule has 12 nitrogen and oxygen atoms in total. The van der Waals surface area contributed by atoms with Gasteiger partial charge in [-0.2, -0.15) is 5.10 Å². The first-order valence-electron chi connectivity index (χ1n) is 15.9. The minimum atomic E-state index is -0.957. The summed E-state index contributed by atoms with van der Waals surface area (Å²) in [6.45, 7) is 4.83. The quantitative estimate of drug-likeness (QED) is 0.277. The zero-order valence-electron chi connectivity index (χ0n) is 25.4. The molecule has 0 spiro atoms. The Kier molecular flexibility index (Phi) is 7.82. The number of nitrogens with one attached hydrogen (secondary N) is 2. The lowest BCUT2D eigenvalue weighted by molar-refractivity contribution is -0.136. The van der Waals surface area contributed by atoms with Crippen molar-refractivity contribution in [1.82, 2.24) is 29.9 Å². The van der Waals surface area contributed by atoms with Crippen molar-refractivity contribution < 1.29 is 19.2 Å². The molecule has 1 unspecified atom stereocenters. The van der Waals surface area contributed by atoms with Crippen LogP contribution >= 0.6 is 0 Å². The van der Waals surface area contributed by atoms with Crippen molar-refractivity contribution in [2.75, 3.05) is 50.0 Å². The Morgan fingerprint density at radius 2 is 1.78 bits per heavy atom. The van der Waals surface area contributed by atoms with Gasteiger partial charge in [0.05, 0.1) is 29.1 Å². The second-order valence-electron chi connectivity index (χ2n) is 12.6. The molecular formula is C33H38N8O4. The van der Waals surface area contributed by atoms with Crippen LogP contribution in [0.1, 0.15) is 65.3 Å². The van der Waals surface area contributed by atoms with Crippen LogP contribution in [-0.2, 0) is 9.59 Å². The summed E-state index contributed by atoms with van der Waals surface area (Å²) in [4.78, 5) is 60.4. The Labute approximate surface area is 261 Å². The molecule has 12 heteroatoms. The Hall–Kier alpha value is -4.58. The lowest BCUT2D eigenvalue weighted by Gasteiger charge is -2.35. The zero-order valence-corrected chi connectivity index (χ0v) is 25.4. The van der Waals surface area contributed by atoms with E-state index >= 15 is 0 Å². The van der Waals surface area contributed by atoms with Gasteiger partial charge in [0.2, 0.25) is 11.8 Å². The van der Waals surface area contributed by atoms with Gasteiger partial charge in [0, 0.05) is 56.6 Å². The average molecular weight is 611 g/mol. The van der Waals surface area contributed by atoms with Gasteiger partial charge >= 0.3 is 0 Å². The van der Waals surface area contributed by atoms with Crippen LogP contribution in [0.5, 0.6) is 0 Å². The van der Waals surface area contributed by atoms with Crippen LogP contribution in [0, 0.1) is 5.92 Å². The molecule has 3 fully saturated rings. The van der Waals surface area contributed by atoms with Crippen molar-refractivity contribution in [1.29, 1.82) is 0 Å². The molecule has 45 heavy (non-hydrogen) atoms. The average Bonchev–Trinajstić information content (AvgIpc) is 3.59. The number of amides is 4. The van der Waals surface area contributed by atoms with E-state index in [2.05, 4.69) is 61.7 Å². The van der Waals surface area contributed by atoms with E-state index in [1.165, 1.54) is 0 Å². The van der Waals surface area contributed by atoms with Crippen LogP contribution < -0.4 is 15.5 Å². The number of carbonyl (C=O) groups is 4. The monoisotopic (exact) mass is 610 g/mol. The number of hydrogen-bond donors (Lipinski definition) is 2. The SMILES string of the molecule is CN1CCN(c2cccc(-c3cnn(C4CC(CCCNc5ccc6c(c5)C(=O)N(C5CCC(=O)NC5=O)C6=O)C4)c3)n2)CC1. The highest BCUT2D eigenvalue weighted by molar-refractivity contribution is 6.23. The van der Waals surface area contributed by atoms with E-state index in [0.29, 0.717) is 12.0 Å². The van der Waals surface area contributed by atoms with Gasteiger partial charge in [-0.05, 0) is 75.4 Å². The molecule has 1 aliphatic carbocycles. The second kappa shape index (κ2) is 12.1. The number of benzene rings is 1. The lowest BCUT2D eigenvalue weighted by Crippen LogP contribution is -2.54. The molecule has 3 aromatic rings. The molecule has 4 amide bonds. The summed E-state index contributed by atoms with van der Waals surface area (Å²) in [7, 11) is 2.16. The number of likely N-dealkylation sites (N-methyl/N-ethyl adjacent to an activating group) is 1. The van der Waals surface area contributed by atoms with Crippen LogP contribution in [0.2, 0.25) is 0 Å². The summed E-state index contributed by atoms with van der Waals surface area (Å²) in [6.07, 6.45) is 8.57. The van der Waals surface area contributed by atoms with Crippen LogP contribution in [0.4, 0.5) is 11.5 Å². The predicted molar refractivity (Wildman–Crippen MR) is 168 cm³/mol. The van der Waals surface area contributed by atoms with Gasteiger partial charge in [-0.25, -0.2) is 4.98 Å². The van der Waals surface area contributed by atoms with E-state index in [9.17, 15) is 19.2 Å². The third-order valence-electron chi connectivity index (χ3n) is 9.60. The number of rotatable bonds is 9. The summed E-state index contributed by atoms with van der Waals surface area (Å²) in [6, 6.07) is 10.8. The fraction of sp³-hybridized carbons (Fsp3) is 0.455. The van der Waals surface area contributed by atoms with E-state index in [1.807, 2.05) is 6.20 Å². The normalized spacial score (nSPS) is 23.6. The molecule has 7 rings (SSSR count). The van der Waals surface area contributed by atoms with Crippen LogP contribution in [-0.4, -0.2) is 94.0 Å². The minimum absolute atomic E-state index is 0.102. The minimum Gasteiger partial charge on any atom is -0.385 e. The van der Waals surface area contributed by atoms with Crippen LogP contribution in [0.25, 0.3) is 11.3 Å². The summed E-state index contributed by atoms with van der Waals surface area (Å²) in [5, 5.41) is 10.3. The highest BCUT2D eigenvalue weighted by Gasteiger charge is 2.44. The van der Waals surface area contributed by atoms with Crippen molar-refractivity contribution in [3.63, 3.8) is 0 Å². The molecule has 1 atom stereocenters. The number of imide groups is 2. The number of aromatic nitrogens is 3. The third-order valence-corrected chi connectivity index (χ3v) is 9.60. The van der Waals surface area contributed by atoms with Crippen molar-refractivity contribution in [2.24, 2.45) is 5.92 Å². The maximum atomic E-state index is 13.1. The first-order chi connectivity index (χ1) is 21.8. The van der Waals surface area contributed by atoms with E-state index in [0.717, 1.165) is 86.1 Å². The summed E-state index contributed by atoms with van der Waals surface area (Å²) >= 11 is 0. The third kappa shape index (κ3) is 5.82. The van der Waals surface area contributed by atoms with E-state index in [-0.39, 0.29) is 29.9 Å². The molecule has 4 aliphatic rings. The Balaban J connectivity index is 0.871. The number of anilines is 2. The van der Waals surface area contributed by atoms with Crippen molar-refractivity contribution in [3.8, 4) is 11.3 Å². The maximum absolute atomic E-state index is 13.1. The van der Waals surface area contributed by atoms with Gasteiger partial charge < -0.3 is 15.1 Å². The number of piperazine rings is 1. The number of pyridine rings is 1. The molecule has 2 saturated heterocycles. The summed E-state index contributed by atoms with van der Waals surface area (Å²) in [5.41, 5.74) is 3.35. The number of fused-ring (bicyclic) bond motifs is 1. The Morgan fingerprint density at radius 3 is 2.58 bits per heavy atom. The fourth-order valence-electron chi connectivity index (χ4n) is 6.82. The Morgan fingerprint density at radius 1 is 0.978 bits per heavy atom. The highest BCUT2D eigenvalue weighted by atomic mass is 16.2. The number of piperidine rings is 1. The largest absolute Gasteiger partial charge is 0.385 e. The van der Waals surface area contributed by atoms with Gasteiger partial charge in [-0.1, -0.05) is 6.07 Å². The molecular weight excluding hydrogens is 572 g/mol. The van der Waals surface area contributed by atoms with Gasteiger partial charge in [0.15, 0.2) is 0 Å². The zero-order chi connectivity index (χ0) is 31.1. The first kappa shape index (κ1) is 29.1. The lowest BCUT2D eigenvalue weighted by atomic mass is 9.77. The summed E-state index contributed by atoms with van der Waals surface area (Å²) < 4.78 is 2.09. The standard InChI is InChI=1S/C33H38N8O4/c1-38-12-14-39(15-13-38)29-6-2-5-27(36-29)22-19-35-40(20-22)24-16-21(17-24)4-3-11-34-23-7-8-25-26(18-23)33(45)41(32(25)44)28-9-10-30(42)37-31(28)43/h2,5-8,18-21,24,28,34H,3-4,9-17H2,1H3,(H,37,42,43). The number of carbonyl (C=O) groups excluding carboxylic acids is 4. The molecule has 0 radical (unpaired) electrons. The summed E-state index contributed by atoms with van der Waals surface area (Å²) in [5.74, 6) is -0.300. The first-order valence-corrected chi connectivity index (χ1v) is 15.9. The van der Waals surface area contributed by atoms with E-state index < -0.39 is 23.8 Å². The van der Waals surface area contributed by atoms with Crippen molar-refractivity contribution in [3.05, 3.63) is 59.9 Å². The molecule has 1 aromatic carbocycles. The fourth-order valence-corrected chi connectivity index (χ4v) is 6.82. The van der Waals surface area contributed by atoms with Crippen LogP contribution in [0.3, 0.4) is 0 Å². The van der Waals surface area contributed by atoms with Gasteiger partial charge in [0.1, 0.15) is 11.9 Å². The van der Waals surface area contributed by atoms with Crippen LogP contribution in [0.15, 0.2) is 48.8 Å². The molecule has 3 aliphatic heterocycles. The van der Waals surface area contributed by atoms with Crippen molar-refractivity contribution in [2.45, 2.75) is 50.6 Å². The topological polar surface area (TPSA) is 133 Å².